The van der Waals surface area contributed by atoms with Crippen LogP contribution in [0.15, 0.2) is 48.7 Å². The molecule has 0 aliphatic rings. The number of pyridine rings is 1. The summed E-state index contributed by atoms with van der Waals surface area (Å²) in [4.78, 5) is 13.5. The van der Waals surface area contributed by atoms with Gasteiger partial charge in [0.25, 0.3) is 0 Å². The van der Waals surface area contributed by atoms with Gasteiger partial charge in [0.2, 0.25) is 0 Å². The van der Waals surface area contributed by atoms with E-state index in [1.165, 1.54) is 0 Å². The predicted molar refractivity (Wildman–Crippen MR) is 102 cm³/mol. The Bertz CT molecular complexity index is 869. The van der Waals surface area contributed by atoms with Gasteiger partial charge in [-0.25, -0.2) is 9.97 Å². The topological polar surface area (TPSA) is 80.2 Å². The van der Waals surface area contributed by atoms with Crippen molar-refractivity contribution >= 4 is 11.5 Å². The minimum absolute atomic E-state index is 0.00350. The maximum absolute atomic E-state index is 8.88. The lowest BCUT2D eigenvalue weighted by Gasteiger charge is -2.12. The Morgan fingerprint density at radius 2 is 2.00 bits per heavy atom. The number of nitrogens with one attached hydrogen (secondary N) is 1. The lowest BCUT2D eigenvalue weighted by molar-refractivity contribution is 0.200. The molecule has 3 aromatic rings. The molecule has 134 valence electrons. The Hall–Kier alpha value is -2.99. The van der Waals surface area contributed by atoms with Gasteiger partial charge in [0.05, 0.1) is 6.61 Å². The van der Waals surface area contributed by atoms with Crippen LogP contribution < -0.4 is 10.1 Å². The monoisotopic (exact) mass is 350 g/mol. The molecule has 1 aromatic carbocycles. The van der Waals surface area contributed by atoms with E-state index in [0.29, 0.717) is 5.82 Å². The molecule has 0 aliphatic carbocycles. The van der Waals surface area contributed by atoms with Crippen molar-refractivity contribution in [3.8, 4) is 17.3 Å². The maximum atomic E-state index is 8.88. The predicted octanol–water partition coefficient (Wildman–Crippen LogP) is 3.52. The molecule has 6 nitrogen and oxygen atoms in total. The summed E-state index contributed by atoms with van der Waals surface area (Å²) in [6.07, 6.45) is 2.54. The Morgan fingerprint density at radius 3 is 2.69 bits per heavy atom. The second-order valence-corrected chi connectivity index (χ2v) is 5.81. The van der Waals surface area contributed by atoms with Gasteiger partial charge in [0.1, 0.15) is 23.9 Å². The lowest BCUT2D eigenvalue weighted by atomic mass is 10.2. The molecular weight excluding hydrogens is 328 g/mol. The number of hydrogen-bond acceptors (Lipinski definition) is 6. The van der Waals surface area contributed by atoms with Gasteiger partial charge in [0, 0.05) is 23.6 Å². The van der Waals surface area contributed by atoms with Gasteiger partial charge >= 0.3 is 0 Å². The fraction of sp³-hybridized carbons (Fsp3) is 0.250. The molecule has 2 heterocycles. The fourth-order valence-electron chi connectivity index (χ4n) is 2.54. The van der Waals surface area contributed by atoms with Crippen molar-refractivity contribution in [1.82, 2.24) is 15.0 Å². The Morgan fingerprint density at radius 1 is 1.12 bits per heavy atom. The number of aryl methyl sites for hydroxylation is 2. The first-order chi connectivity index (χ1) is 12.7. The minimum Gasteiger partial charge on any atom is -0.491 e. The molecule has 0 saturated heterocycles. The number of aliphatic hydroxyl groups excluding tert-OH is 1. The quantitative estimate of drug-likeness (QED) is 0.679. The van der Waals surface area contributed by atoms with Crippen molar-refractivity contribution in [3.63, 3.8) is 0 Å². The SMILES string of the molecule is CCc1cc(Nc2ccc(OCCO)c(C)c2)nc(-c2ccccn2)n1. The first-order valence-corrected chi connectivity index (χ1v) is 8.60. The maximum Gasteiger partial charge on any atom is 0.180 e. The number of hydrogen-bond donors (Lipinski definition) is 2. The molecule has 0 radical (unpaired) electrons. The number of aliphatic hydroxyl groups is 1. The number of benzene rings is 1. The van der Waals surface area contributed by atoms with Gasteiger partial charge < -0.3 is 15.2 Å². The summed E-state index contributed by atoms with van der Waals surface area (Å²) < 4.78 is 5.49. The van der Waals surface area contributed by atoms with Crippen molar-refractivity contribution in [1.29, 1.82) is 0 Å². The summed E-state index contributed by atoms with van der Waals surface area (Å²) >= 11 is 0. The number of ether oxygens (including phenoxy) is 1. The van der Waals surface area contributed by atoms with E-state index in [1.54, 1.807) is 6.20 Å². The van der Waals surface area contributed by atoms with Crippen LogP contribution in [0.5, 0.6) is 5.75 Å². The van der Waals surface area contributed by atoms with E-state index in [1.807, 2.05) is 49.4 Å². The molecule has 6 heteroatoms. The van der Waals surface area contributed by atoms with E-state index in [4.69, 9.17) is 9.84 Å². The average Bonchev–Trinajstić information content (AvgIpc) is 2.68. The zero-order chi connectivity index (χ0) is 18.4. The van der Waals surface area contributed by atoms with Crippen LogP contribution in [0.2, 0.25) is 0 Å². The second-order valence-electron chi connectivity index (χ2n) is 5.81. The minimum atomic E-state index is -0.00350. The van der Waals surface area contributed by atoms with Gasteiger partial charge in [-0.15, -0.1) is 0 Å². The van der Waals surface area contributed by atoms with Crippen LogP contribution in [0.25, 0.3) is 11.5 Å². The normalized spacial score (nSPS) is 10.6. The molecule has 0 unspecified atom stereocenters. The molecule has 0 spiro atoms. The Labute approximate surface area is 152 Å². The summed E-state index contributed by atoms with van der Waals surface area (Å²) in [6, 6.07) is 13.4. The number of nitrogens with zero attached hydrogens (tertiary/aromatic N) is 3. The summed E-state index contributed by atoms with van der Waals surface area (Å²) in [5, 5.41) is 12.2. The number of rotatable bonds is 7. The van der Waals surface area contributed by atoms with E-state index in [9.17, 15) is 0 Å². The second kappa shape index (κ2) is 8.40. The Kier molecular flexibility index (Phi) is 5.76. The van der Waals surface area contributed by atoms with Crippen molar-refractivity contribution in [2.75, 3.05) is 18.5 Å². The average molecular weight is 350 g/mol. The van der Waals surface area contributed by atoms with Crippen LogP contribution in [-0.2, 0) is 6.42 Å². The molecular formula is C20H22N4O2. The van der Waals surface area contributed by atoms with Crippen molar-refractivity contribution < 1.29 is 9.84 Å². The zero-order valence-electron chi connectivity index (χ0n) is 14.9. The smallest absolute Gasteiger partial charge is 0.180 e. The van der Waals surface area contributed by atoms with Gasteiger partial charge in [0.15, 0.2) is 5.82 Å². The first kappa shape index (κ1) is 17.8. The van der Waals surface area contributed by atoms with Gasteiger partial charge in [-0.3, -0.25) is 4.98 Å². The van der Waals surface area contributed by atoms with Crippen molar-refractivity contribution in [3.05, 3.63) is 59.9 Å². The molecule has 2 aromatic heterocycles. The summed E-state index contributed by atoms with van der Waals surface area (Å²) in [6.45, 7) is 4.31. The number of anilines is 2. The summed E-state index contributed by atoms with van der Waals surface area (Å²) in [5.74, 6) is 2.09. The van der Waals surface area contributed by atoms with E-state index in [-0.39, 0.29) is 13.2 Å². The molecule has 0 saturated carbocycles. The van der Waals surface area contributed by atoms with Crippen LogP contribution in [-0.4, -0.2) is 33.3 Å². The highest BCUT2D eigenvalue weighted by molar-refractivity contribution is 5.61. The fourth-order valence-corrected chi connectivity index (χ4v) is 2.54. The molecule has 3 rings (SSSR count). The number of aromatic nitrogens is 3. The van der Waals surface area contributed by atoms with Crippen LogP contribution in [0.1, 0.15) is 18.2 Å². The van der Waals surface area contributed by atoms with Gasteiger partial charge in [-0.1, -0.05) is 13.0 Å². The third-order valence-electron chi connectivity index (χ3n) is 3.83. The highest BCUT2D eigenvalue weighted by atomic mass is 16.5. The van der Waals surface area contributed by atoms with Crippen molar-refractivity contribution in [2.24, 2.45) is 0 Å². The molecule has 0 aliphatic heterocycles. The first-order valence-electron chi connectivity index (χ1n) is 8.60. The van der Waals surface area contributed by atoms with Crippen LogP contribution in [0.4, 0.5) is 11.5 Å². The molecule has 0 bridgehead atoms. The highest BCUT2D eigenvalue weighted by Gasteiger charge is 2.08. The van der Waals surface area contributed by atoms with E-state index in [0.717, 1.165) is 40.6 Å². The molecule has 0 fully saturated rings. The van der Waals surface area contributed by atoms with Crippen LogP contribution >= 0.6 is 0 Å². The molecule has 2 N–H and O–H groups in total. The van der Waals surface area contributed by atoms with Gasteiger partial charge in [-0.2, -0.15) is 0 Å². The third kappa shape index (κ3) is 4.34. The van der Waals surface area contributed by atoms with Gasteiger partial charge in [-0.05, 0) is 49.2 Å². The lowest BCUT2D eigenvalue weighted by Crippen LogP contribution is -2.04. The summed E-state index contributed by atoms with van der Waals surface area (Å²) in [5.41, 5.74) is 3.59. The van der Waals surface area contributed by atoms with E-state index >= 15 is 0 Å². The third-order valence-corrected chi connectivity index (χ3v) is 3.83. The van der Waals surface area contributed by atoms with Crippen molar-refractivity contribution in [2.45, 2.75) is 20.3 Å². The largest absolute Gasteiger partial charge is 0.491 e. The Balaban J connectivity index is 1.86. The molecule has 0 amide bonds. The molecule has 0 atom stereocenters. The van der Waals surface area contributed by atoms with E-state index < -0.39 is 0 Å². The van der Waals surface area contributed by atoms with E-state index in [2.05, 4.69) is 27.2 Å². The zero-order valence-corrected chi connectivity index (χ0v) is 14.9. The molecule has 26 heavy (non-hydrogen) atoms. The summed E-state index contributed by atoms with van der Waals surface area (Å²) in [7, 11) is 0. The highest BCUT2D eigenvalue weighted by Crippen LogP contribution is 2.25. The van der Waals surface area contributed by atoms with Crippen LogP contribution in [0, 0.1) is 6.92 Å². The standard InChI is InChI=1S/C20H22N4O2/c1-3-15-13-19(24-20(23-15)17-6-4-5-9-21-17)22-16-7-8-18(14(2)12-16)26-11-10-25/h4-9,12-13,25H,3,10-11H2,1-2H3,(H,22,23,24). The van der Waals surface area contributed by atoms with Crippen LogP contribution in [0.3, 0.4) is 0 Å².